The van der Waals surface area contributed by atoms with Gasteiger partial charge in [0.15, 0.2) is 0 Å². The number of ether oxygens (including phenoxy) is 1. The van der Waals surface area contributed by atoms with Crippen molar-refractivity contribution in [1.29, 1.82) is 0 Å². The third-order valence-corrected chi connectivity index (χ3v) is 7.06. The second kappa shape index (κ2) is 11.0. The molecule has 0 radical (unpaired) electrons. The van der Waals surface area contributed by atoms with Crippen LogP contribution in [0.4, 0.5) is 11.4 Å². The molecule has 1 unspecified atom stereocenters. The number of rotatable bonds is 6. The van der Waals surface area contributed by atoms with E-state index in [1.807, 2.05) is 24.3 Å². The zero-order chi connectivity index (χ0) is 23.2. The molecule has 0 bridgehead atoms. The quantitative estimate of drug-likeness (QED) is 0.711. The van der Waals surface area contributed by atoms with E-state index < -0.39 is 6.04 Å². The molecule has 33 heavy (non-hydrogen) atoms. The molecule has 3 aliphatic rings. The summed E-state index contributed by atoms with van der Waals surface area (Å²) in [4.78, 5) is 44.2. The molecular weight excluding hydrogens is 420 g/mol. The molecule has 0 aromatic heterocycles. The molecule has 2 aliphatic heterocycles. The molecule has 8 heteroatoms. The summed E-state index contributed by atoms with van der Waals surface area (Å²) in [6.45, 7) is 3.78. The van der Waals surface area contributed by atoms with E-state index in [0.29, 0.717) is 18.7 Å². The van der Waals surface area contributed by atoms with Crippen molar-refractivity contribution in [2.45, 2.75) is 51.0 Å². The van der Waals surface area contributed by atoms with Gasteiger partial charge in [0.2, 0.25) is 17.7 Å². The molecule has 1 N–H and O–H groups in total. The minimum Gasteiger partial charge on any atom is -0.378 e. The maximum Gasteiger partial charge on any atom is 0.245 e. The molecule has 3 amide bonds. The zero-order valence-electron chi connectivity index (χ0n) is 19.6. The van der Waals surface area contributed by atoms with Crippen LogP contribution in [0.25, 0.3) is 0 Å². The van der Waals surface area contributed by atoms with Crippen molar-refractivity contribution in [1.82, 2.24) is 9.80 Å². The van der Waals surface area contributed by atoms with Gasteiger partial charge in [-0.2, -0.15) is 0 Å². The number of carbonyl (C=O) groups is 3. The van der Waals surface area contributed by atoms with Gasteiger partial charge in [-0.05, 0) is 49.9 Å². The van der Waals surface area contributed by atoms with E-state index >= 15 is 0 Å². The van der Waals surface area contributed by atoms with E-state index in [1.54, 1.807) is 11.9 Å². The highest BCUT2D eigenvalue weighted by molar-refractivity contribution is 5.96. The predicted molar refractivity (Wildman–Crippen MR) is 127 cm³/mol. The maximum absolute atomic E-state index is 13.1. The minimum atomic E-state index is -0.440. The van der Waals surface area contributed by atoms with Gasteiger partial charge in [-0.15, -0.1) is 0 Å². The van der Waals surface area contributed by atoms with E-state index in [4.69, 9.17) is 4.74 Å². The van der Waals surface area contributed by atoms with Crippen LogP contribution in [0.5, 0.6) is 0 Å². The van der Waals surface area contributed by atoms with Gasteiger partial charge in [0.1, 0.15) is 6.04 Å². The number of amides is 3. The van der Waals surface area contributed by atoms with Crippen molar-refractivity contribution in [2.24, 2.45) is 5.92 Å². The van der Waals surface area contributed by atoms with Crippen LogP contribution in [0, 0.1) is 5.92 Å². The molecule has 4 rings (SSSR count). The molecule has 8 nitrogen and oxygen atoms in total. The lowest BCUT2D eigenvalue weighted by molar-refractivity contribution is -0.146. The molecule has 2 saturated heterocycles. The Morgan fingerprint density at radius 2 is 1.67 bits per heavy atom. The number of benzene rings is 1. The molecule has 0 spiro atoms. The highest BCUT2D eigenvalue weighted by Gasteiger charge is 2.38. The van der Waals surface area contributed by atoms with E-state index in [0.717, 1.165) is 64.1 Å². The van der Waals surface area contributed by atoms with Gasteiger partial charge < -0.3 is 24.8 Å². The fourth-order valence-electron chi connectivity index (χ4n) is 5.20. The van der Waals surface area contributed by atoms with Crippen LogP contribution in [0.1, 0.15) is 44.9 Å². The highest BCUT2D eigenvalue weighted by Crippen LogP contribution is 2.29. The molecule has 1 aliphatic carbocycles. The number of likely N-dealkylation sites (tertiary alicyclic amines) is 1. The Morgan fingerprint density at radius 3 is 2.36 bits per heavy atom. The van der Waals surface area contributed by atoms with Crippen LogP contribution in [-0.4, -0.2) is 80.0 Å². The molecular formula is C25H36N4O4. The van der Waals surface area contributed by atoms with Gasteiger partial charge in [0, 0.05) is 44.0 Å². The lowest BCUT2D eigenvalue weighted by atomic mass is 9.88. The lowest BCUT2D eigenvalue weighted by Gasteiger charge is -2.31. The van der Waals surface area contributed by atoms with E-state index in [-0.39, 0.29) is 30.2 Å². The number of nitrogens with zero attached hydrogens (tertiary/aromatic N) is 3. The molecule has 180 valence electrons. The van der Waals surface area contributed by atoms with Gasteiger partial charge in [0.25, 0.3) is 0 Å². The third kappa shape index (κ3) is 5.85. The first-order valence-corrected chi connectivity index (χ1v) is 12.3. The summed E-state index contributed by atoms with van der Waals surface area (Å²) < 4.78 is 5.39. The Kier molecular flexibility index (Phi) is 7.85. The standard InChI is InChI=1S/C25H36N4O4/c1-27(25(32)22-8-5-13-29(22)24(31)19-6-3-2-4-7-19)18-23(30)26-20-9-11-21(12-10-20)28-14-16-33-17-15-28/h9-12,19,22H,2-8,13-18H2,1H3,(H,26,30). The second-order valence-corrected chi connectivity index (χ2v) is 9.41. The van der Waals surface area contributed by atoms with Crippen LogP contribution >= 0.6 is 0 Å². The second-order valence-electron chi connectivity index (χ2n) is 9.41. The molecule has 3 fully saturated rings. The number of morpholine rings is 1. The Bertz CT molecular complexity index is 831. The number of carbonyl (C=O) groups excluding carboxylic acids is 3. The SMILES string of the molecule is CN(CC(=O)Nc1ccc(N2CCOCC2)cc1)C(=O)C1CCCN1C(=O)C1CCCCC1. The van der Waals surface area contributed by atoms with Crippen LogP contribution in [-0.2, 0) is 19.1 Å². The molecule has 1 aromatic rings. The first-order valence-electron chi connectivity index (χ1n) is 12.3. The number of likely N-dealkylation sites (N-methyl/N-ethyl adjacent to an activating group) is 1. The smallest absolute Gasteiger partial charge is 0.245 e. The monoisotopic (exact) mass is 456 g/mol. The first kappa shape index (κ1) is 23.5. The highest BCUT2D eigenvalue weighted by atomic mass is 16.5. The van der Waals surface area contributed by atoms with Crippen LogP contribution < -0.4 is 10.2 Å². The predicted octanol–water partition coefficient (Wildman–Crippen LogP) is 2.49. The summed E-state index contributed by atoms with van der Waals surface area (Å²) >= 11 is 0. The van der Waals surface area contributed by atoms with Gasteiger partial charge >= 0.3 is 0 Å². The number of hydrogen-bond acceptors (Lipinski definition) is 5. The number of hydrogen-bond donors (Lipinski definition) is 1. The third-order valence-electron chi connectivity index (χ3n) is 7.06. The summed E-state index contributed by atoms with van der Waals surface area (Å²) in [5.41, 5.74) is 1.81. The Morgan fingerprint density at radius 1 is 0.970 bits per heavy atom. The van der Waals surface area contributed by atoms with Crippen LogP contribution in [0.3, 0.4) is 0 Å². The summed E-state index contributed by atoms with van der Waals surface area (Å²) in [6.07, 6.45) is 6.75. The van der Waals surface area contributed by atoms with Crippen molar-refractivity contribution >= 4 is 29.1 Å². The van der Waals surface area contributed by atoms with Crippen molar-refractivity contribution in [2.75, 3.05) is 56.7 Å². The molecule has 1 saturated carbocycles. The first-order chi connectivity index (χ1) is 16.0. The van der Waals surface area contributed by atoms with Crippen LogP contribution in [0.2, 0.25) is 0 Å². The van der Waals surface area contributed by atoms with Gasteiger partial charge in [-0.25, -0.2) is 0 Å². The average Bonchev–Trinajstić information content (AvgIpc) is 3.34. The normalized spacial score (nSPS) is 21.7. The topological polar surface area (TPSA) is 82.2 Å². The number of anilines is 2. The zero-order valence-corrected chi connectivity index (χ0v) is 19.6. The Hall–Kier alpha value is -2.61. The van der Waals surface area contributed by atoms with Crippen molar-refractivity contribution in [3.8, 4) is 0 Å². The van der Waals surface area contributed by atoms with Gasteiger partial charge in [-0.1, -0.05) is 19.3 Å². The fraction of sp³-hybridized carbons (Fsp3) is 0.640. The van der Waals surface area contributed by atoms with E-state index in [9.17, 15) is 14.4 Å². The average molecular weight is 457 g/mol. The number of nitrogens with one attached hydrogen (secondary N) is 1. The summed E-state index contributed by atoms with van der Waals surface area (Å²) in [7, 11) is 1.64. The summed E-state index contributed by atoms with van der Waals surface area (Å²) in [6, 6.07) is 7.30. The fourth-order valence-corrected chi connectivity index (χ4v) is 5.20. The molecule has 1 atom stereocenters. The van der Waals surface area contributed by atoms with E-state index in [2.05, 4.69) is 10.2 Å². The Labute approximate surface area is 196 Å². The van der Waals surface area contributed by atoms with E-state index in [1.165, 1.54) is 11.3 Å². The summed E-state index contributed by atoms with van der Waals surface area (Å²) in [5.74, 6) is -0.201. The minimum absolute atomic E-state index is 0.0357. The lowest BCUT2D eigenvalue weighted by Crippen LogP contribution is -2.49. The van der Waals surface area contributed by atoms with Crippen LogP contribution in [0.15, 0.2) is 24.3 Å². The van der Waals surface area contributed by atoms with Crippen molar-refractivity contribution < 1.29 is 19.1 Å². The van der Waals surface area contributed by atoms with Crippen molar-refractivity contribution in [3.63, 3.8) is 0 Å². The Balaban J connectivity index is 1.28. The maximum atomic E-state index is 13.1. The van der Waals surface area contributed by atoms with Gasteiger partial charge in [-0.3, -0.25) is 14.4 Å². The van der Waals surface area contributed by atoms with Crippen molar-refractivity contribution in [3.05, 3.63) is 24.3 Å². The molecule has 1 aromatic carbocycles. The van der Waals surface area contributed by atoms with Gasteiger partial charge in [0.05, 0.1) is 19.8 Å². The molecule has 2 heterocycles. The summed E-state index contributed by atoms with van der Waals surface area (Å²) in [5, 5.41) is 2.88. The largest absolute Gasteiger partial charge is 0.378 e.